The minimum absolute atomic E-state index is 0.0648. The summed E-state index contributed by atoms with van der Waals surface area (Å²) in [5.41, 5.74) is 4.39. The third-order valence-corrected chi connectivity index (χ3v) is 6.45. The first-order valence-corrected chi connectivity index (χ1v) is 12.0. The van der Waals surface area contributed by atoms with E-state index >= 15 is 0 Å². The SMILES string of the molecule is COC(=O)CC(c1cc(F)cc(F)c1)n1ccc2cc(OCCc3ccc4c(n3)CCCN4)ccc21. The molecule has 0 saturated heterocycles. The normalized spacial score (nSPS) is 13.6. The second kappa shape index (κ2) is 10.4. The van der Waals surface area contributed by atoms with Crippen LogP contribution in [0.4, 0.5) is 14.5 Å². The number of rotatable bonds is 8. The second-order valence-electron chi connectivity index (χ2n) is 8.87. The number of aryl methyl sites for hydroxylation is 1. The van der Waals surface area contributed by atoms with E-state index in [1.54, 1.807) is 6.20 Å². The van der Waals surface area contributed by atoms with Crippen molar-refractivity contribution < 1.29 is 23.0 Å². The number of nitrogens with zero attached hydrogens (tertiary/aromatic N) is 2. The van der Waals surface area contributed by atoms with Gasteiger partial charge in [0, 0.05) is 41.8 Å². The molecule has 36 heavy (non-hydrogen) atoms. The van der Waals surface area contributed by atoms with Gasteiger partial charge in [-0.1, -0.05) is 0 Å². The van der Waals surface area contributed by atoms with E-state index in [2.05, 4.69) is 11.4 Å². The Labute approximate surface area is 207 Å². The number of methoxy groups -OCH3 is 1. The van der Waals surface area contributed by atoms with E-state index in [-0.39, 0.29) is 6.42 Å². The number of pyridine rings is 1. The van der Waals surface area contributed by atoms with E-state index in [9.17, 15) is 13.6 Å². The first-order chi connectivity index (χ1) is 17.5. The average Bonchev–Trinajstić information content (AvgIpc) is 3.29. The number of nitrogens with one attached hydrogen (secondary N) is 1. The number of carbonyl (C=O) groups excluding carboxylic acids is 1. The number of fused-ring (bicyclic) bond motifs is 2. The fourth-order valence-corrected chi connectivity index (χ4v) is 4.68. The molecule has 0 aliphatic carbocycles. The Balaban J connectivity index is 1.33. The summed E-state index contributed by atoms with van der Waals surface area (Å²) in [6.45, 7) is 1.48. The number of halogens is 2. The van der Waals surface area contributed by atoms with Gasteiger partial charge in [0.05, 0.1) is 37.6 Å². The topological polar surface area (TPSA) is 65.4 Å². The van der Waals surface area contributed by atoms with Gasteiger partial charge in [0.2, 0.25) is 0 Å². The van der Waals surface area contributed by atoms with Crippen molar-refractivity contribution in [3.63, 3.8) is 0 Å². The summed E-state index contributed by atoms with van der Waals surface area (Å²) in [6.07, 6.45) is 4.51. The number of hydrogen-bond donors (Lipinski definition) is 1. The fourth-order valence-electron chi connectivity index (χ4n) is 4.68. The lowest BCUT2D eigenvalue weighted by atomic mass is 10.0. The van der Waals surface area contributed by atoms with Crippen LogP contribution in [-0.2, 0) is 22.4 Å². The van der Waals surface area contributed by atoms with Crippen molar-refractivity contribution >= 4 is 22.6 Å². The van der Waals surface area contributed by atoms with E-state index < -0.39 is 23.6 Å². The Bertz CT molecular complexity index is 1380. The highest BCUT2D eigenvalue weighted by Crippen LogP contribution is 2.31. The molecule has 8 heteroatoms. The van der Waals surface area contributed by atoms with Crippen LogP contribution in [0, 0.1) is 11.6 Å². The molecule has 3 heterocycles. The molecule has 1 N–H and O–H groups in total. The molecule has 2 aromatic heterocycles. The number of aromatic nitrogens is 2. The first kappa shape index (κ1) is 23.8. The molecule has 1 aliphatic heterocycles. The summed E-state index contributed by atoms with van der Waals surface area (Å²) in [5, 5.41) is 4.26. The van der Waals surface area contributed by atoms with Crippen LogP contribution in [0.15, 0.2) is 60.8 Å². The van der Waals surface area contributed by atoms with Gasteiger partial charge in [0.25, 0.3) is 0 Å². The molecule has 5 rings (SSSR count). The quantitative estimate of drug-likeness (QED) is 0.332. The molecule has 2 aromatic carbocycles. The zero-order chi connectivity index (χ0) is 25.1. The molecular formula is C28H27F2N3O3. The van der Waals surface area contributed by atoms with Crippen molar-refractivity contribution in [1.29, 1.82) is 0 Å². The number of esters is 1. The molecule has 0 bridgehead atoms. The van der Waals surface area contributed by atoms with Gasteiger partial charge in [-0.2, -0.15) is 0 Å². The Morgan fingerprint density at radius 3 is 2.75 bits per heavy atom. The fraction of sp³-hybridized carbons (Fsp3) is 0.286. The maximum absolute atomic E-state index is 14.0. The minimum atomic E-state index is -0.698. The highest BCUT2D eigenvalue weighted by Gasteiger charge is 2.21. The standard InChI is InChI=1S/C28H27F2N3O3/c1-35-28(34)17-27(19-13-20(29)16-21(30)14-19)33-11-8-18-15-23(5-7-26(18)33)36-12-9-22-4-6-24-25(32-22)3-2-10-31-24/h4-8,11,13-16,27,31H,2-3,9-10,12,17H2,1H3. The highest BCUT2D eigenvalue weighted by atomic mass is 19.1. The van der Waals surface area contributed by atoms with Crippen molar-refractivity contribution in [3.05, 3.63) is 89.4 Å². The van der Waals surface area contributed by atoms with Gasteiger partial charge in [0.1, 0.15) is 17.4 Å². The van der Waals surface area contributed by atoms with Crippen LogP contribution in [0.25, 0.3) is 10.9 Å². The summed E-state index contributed by atoms with van der Waals surface area (Å²) >= 11 is 0. The highest BCUT2D eigenvalue weighted by molar-refractivity contribution is 5.82. The van der Waals surface area contributed by atoms with Crippen LogP contribution >= 0.6 is 0 Å². The van der Waals surface area contributed by atoms with Gasteiger partial charge < -0.3 is 19.4 Å². The van der Waals surface area contributed by atoms with Crippen molar-refractivity contribution in [2.75, 3.05) is 25.6 Å². The van der Waals surface area contributed by atoms with Crippen LogP contribution in [0.2, 0.25) is 0 Å². The Morgan fingerprint density at radius 1 is 1.11 bits per heavy atom. The number of anilines is 1. The van der Waals surface area contributed by atoms with Crippen LogP contribution in [-0.4, -0.2) is 35.8 Å². The van der Waals surface area contributed by atoms with E-state index in [1.165, 1.54) is 19.2 Å². The minimum Gasteiger partial charge on any atom is -0.493 e. The lowest BCUT2D eigenvalue weighted by Gasteiger charge is -2.20. The third kappa shape index (κ3) is 5.17. The lowest BCUT2D eigenvalue weighted by molar-refractivity contribution is -0.141. The Kier molecular flexibility index (Phi) is 6.84. The molecule has 1 unspecified atom stereocenters. The smallest absolute Gasteiger partial charge is 0.307 e. The van der Waals surface area contributed by atoms with E-state index in [1.807, 2.05) is 34.9 Å². The van der Waals surface area contributed by atoms with E-state index in [0.29, 0.717) is 24.3 Å². The predicted octanol–water partition coefficient (Wildman–Crippen LogP) is 5.45. The van der Waals surface area contributed by atoms with Gasteiger partial charge >= 0.3 is 5.97 Å². The van der Waals surface area contributed by atoms with Gasteiger partial charge in [-0.05, 0) is 66.9 Å². The molecule has 0 fully saturated rings. The van der Waals surface area contributed by atoms with Crippen LogP contribution in [0.3, 0.4) is 0 Å². The number of hydrogen-bond acceptors (Lipinski definition) is 5. The Morgan fingerprint density at radius 2 is 1.94 bits per heavy atom. The maximum atomic E-state index is 14.0. The van der Waals surface area contributed by atoms with Crippen LogP contribution in [0.1, 0.15) is 35.8 Å². The van der Waals surface area contributed by atoms with Crippen LogP contribution < -0.4 is 10.1 Å². The number of benzene rings is 2. The molecule has 0 radical (unpaired) electrons. The average molecular weight is 492 g/mol. The molecule has 186 valence electrons. The maximum Gasteiger partial charge on any atom is 0.307 e. The number of carbonyl (C=O) groups is 1. The monoisotopic (exact) mass is 491 g/mol. The van der Waals surface area contributed by atoms with Crippen molar-refractivity contribution in [2.45, 2.75) is 31.7 Å². The molecule has 0 amide bonds. The lowest BCUT2D eigenvalue weighted by Crippen LogP contribution is -2.16. The molecular weight excluding hydrogens is 464 g/mol. The van der Waals surface area contributed by atoms with Gasteiger partial charge in [-0.15, -0.1) is 0 Å². The number of ether oxygens (including phenoxy) is 2. The third-order valence-electron chi connectivity index (χ3n) is 6.45. The molecule has 1 atom stereocenters. The van der Waals surface area contributed by atoms with Crippen molar-refractivity contribution in [1.82, 2.24) is 9.55 Å². The van der Waals surface area contributed by atoms with Gasteiger partial charge in [-0.25, -0.2) is 8.78 Å². The van der Waals surface area contributed by atoms with Gasteiger partial charge in [-0.3, -0.25) is 9.78 Å². The molecule has 6 nitrogen and oxygen atoms in total. The summed E-state index contributed by atoms with van der Waals surface area (Å²) < 4.78 is 40.6. The Hall–Kier alpha value is -3.94. The zero-order valence-electron chi connectivity index (χ0n) is 20.0. The molecule has 0 spiro atoms. The van der Waals surface area contributed by atoms with Crippen LogP contribution in [0.5, 0.6) is 5.75 Å². The summed E-state index contributed by atoms with van der Waals surface area (Å²) in [4.78, 5) is 16.9. The van der Waals surface area contributed by atoms with Crippen molar-refractivity contribution in [3.8, 4) is 5.75 Å². The second-order valence-corrected chi connectivity index (χ2v) is 8.87. The largest absolute Gasteiger partial charge is 0.493 e. The van der Waals surface area contributed by atoms with Gasteiger partial charge in [0.15, 0.2) is 0 Å². The van der Waals surface area contributed by atoms with Crippen molar-refractivity contribution in [2.24, 2.45) is 0 Å². The molecule has 0 saturated carbocycles. The molecule has 4 aromatic rings. The zero-order valence-corrected chi connectivity index (χ0v) is 20.0. The summed E-state index contributed by atoms with van der Waals surface area (Å²) in [6, 6.07) is 14.3. The predicted molar refractivity (Wildman–Crippen MR) is 133 cm³/mol. The summed E-state index contributed by atoms with van der Waals surface area (Å²) in [5.74, 6) is -1.16. The van der Waals surface area contributed by atoms with E-state index in [4.69, 9.17) is 14.5 Å². The molecule has 1 aliphatic rings. The first-order valence-electron chi connectivity index (χ1n) is 12.0. The summed E-state index contributed by atoms with van der Waals surface area (Å²) in [7, 11) is 1.29. The van der Waals surface area contributed by atoms with E-state index in [0.717, 1.165) is 53.4 Å².